The number of ether oxygens (including phenoxy) is 1. The quantitative estimate of drug-likeness (QED) is 0.806. The summed E-state index contributed by atoms with van der Waals surface area (Å²) >= 11 is 0. The van der Waals surface area contributed by atoms with Crippen LogP contribution in [-0.2, 0) is 16.6 Å². The number of hydrogen-bond acceptors (Lipinski definition) is 4. The fourth-order valence-electron chi connectivity index (χ4n) is 1.75. The third-order valence-corrected chi connectivity index (χ3v) is 3.30. The van der Waals surface area contributed by atoms with Gasteiger partial charge in [0.25, 0.3) is 5.91 Å². The summed E-state index contributed by atoms with van der Waals surface area (Å²) in [4.78, 5) is 35.1. The molecule has 6 heteroatoms. The Kier molecular flexibility index (Phi) is 5.49. The highest BCUT2D eigenvalue weighted by Crippen LogP contribution is 2.10. The van der Waals surface area contributed by atoms with Gasteiger partial charge in [-0.25, -0.2) is 4.79 Å². The average Bonchev–Trinajstić information content (AvgIpc) is 2.45. The third-order valence-electron chi connectivity index (χ3n) is 3.30. The lowest BCUT2D eigenvalue weighted by Gasteiger charge is -2.21. The number of aromatic nitrogens is 1. The third kappa shape index (κ3) is 3.69. The molecule has 1 rings (SSSR count). The topological polar surface area (TPSA) is 77.4 Å². The number of aryl methyl sites for hydroxylation is 1. The summed E-state index contributed by atoms with van der Waals surface area (Å²) in [6.07, 6.45) is 2.16. The molecule has 110 valence electrons. The van der Waals surface area contributed by atoms with Gasteiger partial charge in [0.2, 0.25) is 5.56 Å². The van der Waals surface area contributed by atoms with E-state index in [4.69, 9.17) is 4.74 Å². The van der Waals surface area contributed by atoms with Crippen LogP contribution < -0.4 is 10.9 Å². The van der Waals surface area contributed by atoms with Crippen LogP contribution in [-0.4, -0.2) is 29.6 Å². The summed E-state index contributed by atoms with van der Waals surface area (Å²) in [5.74, 6) is -0.923. The summed E-state index contributed by atoms with van der Waals surface area (Å²) in [5, 5.41) is 2.65. The predicted octanol–water partition coefficient (Wildman–Crippen LogP) is 0.703. The van der Waals surface area contributed by atoms with Crippen LogP contribution in [0.15, 0.2) is 23.1 Å². The Balaban J connectivity index is 2.92. The molecule has 0 saturated carbocycles. The van der Waals surface area contributed by atoms with Gasteiger partial charge < -0.3 is 14.6 Å². The molecule has 0 saturated heterocycles. The van der Waals surface area contributed by atoms with E-state index in [1.54, 1.807) is 7.05 Å². The van der Waals surface area contributed by atoms with E-state index >= 15 is 0 Å². The van der Waals surface area contributed by atoms with Crippen molar-refractivity contribution >= 4 is 11.9 Å². The highest BCUT2D eigenvalue weighted by Gasteiger charge is 2.27. The molecule has 1 aromatic heterocycles. The van der Waals surface area contributed by atoms with Crippen molar-refractivity contribution in [2.75, 3.05) is 7.11 Å². The Labute approximate surface area is 117 Å². The molecule has 0 fully saturated rings. The fraction of sp³-hybridized carbons (Fsp3) is 0.500. The highest BCUT2D eigenvalue weighted by molar-refractivity contribution is 5.96. The van der Waals surface area contributed by atoms with Crippen molar-refractivity contribution in [1.29, 1.82) is 0 Å². The minimum Gasteiger partial charge on any atom is -0.467 e. The zero-order chi connectivity index (χ0) is 15.3. The van der Waals surface area contributed by atoms with Gasteiger partial charge in [0.1, 0.15) is 6.04 Å². The molecule has 6 nitrogen and oxygen atoms in total. The van der Waals surface area contributed by atoms with E-state index < -0.39 is 17.9 Å². The van der Waals surface area contributed by atoms with Gasteiger partial charge in [-0.15, -0.1) is 0 Å². The maximum Gasteiger partial charge on any atom is 0.328 e. The fourth-order valence-corrected chi connectivity index (χ4v) is 1.75. The standard InChI is InChI=1S/C14H20N2O4/c1-5-9(2)12(14(19)20-4)15-13(18)10-6-7-11(17)16(3)8-10/h6-9,12H,5H2,1-4H3,(H,15,18)/t9-,12+/m1/s1. The van der Waals surface area contributed by atoms with E-state index in [0.717, 1.165) is 6.42 Å². The lowest BCUT2D eigenvalue weighted by atomic mass is 9.99. The van der Waals surface area contributed by atoms with Crippen molar-refractivity contribution < 1.29 is 14.3 Å². The predicted molar refractivity (Wildman–Crippen MR) is 74.4 cm³/mol. The van der Waals surface area contributed by atoms with Crippen molar-refractivity contribution in [3.05, 3.63) is 34.2 Å². The number of nitrogens with zero attached hydrogens (tertiary/aromatic N) is 1. The van der Waals surface area contributed by atoms with E-state index in [2.05, 4.69) is 5.32 Å². The molecular weight excluding hydrogens is 260 g/mol. The summed E-state index contributed by atoms with van der Waals surface area (Å²) in [5.41, 5.74) is 0.123. The Bertz CT molecular complexity index is 550. The lowest BCUT2D eigenvalue weighted by Crippen LogP contribution is -2.45. The number of pyridine rings is 1. The molecule has 0 aliphatic heterocycles. The molecular formula is C14H20N2O4. The first kappa shape index (κ1) is 15.9. The number of methoxy groups -OCH3 is 1. The van der Waals surface area contributed by atoms with Crippen molar-refractivity contribution in [2.24, 2.45) is 13.0 Å². The number of hydrogen-bond donors (Lipinski definition) is 1. The van der Waals surface area contributed by atoms with Crippen molar-refractivity contribution in [2.45, 2.75) is 26.3 Å². The first-order valence-electron chi connectivity index (χ1n) is 6.46. The zero-order valence-corrected chi connectivity index (χ0v) is 12.2. The summed E-state index contributed by atoms with van der Waals surface area (Å²) in [6.45, 7) is 3.79. The molecule has 1 aromatic rings. The second-order valence-corrected chi connectivity index (χ2v) is 4.73. The minimum absolute atomic E-state index is 0.0427. The minimum atomic E-state index is -0.699. The molecule has 0 spiro atoms. The Morgan fingerprint density at radius 2 is 2.05 bits per heavy atom. The van der Waals surface area contributed by atoms with Crippen LogP contribution in [0.2, 0.25) is 0 Å². The van der Waals surface area contributed by atoms with Crippen molar-refractivity contribution in [1.82, 2.24) is 9.88 Å². The Hall–Kier alpha value is -2.11. The van der Waals surface area contributed by atoms with Crippen LogP contribution in [0.1, 0.15) is 30.6 Å². The number of amides is 1. The van der Waals surface area contributed by atoms with E-state index in [1.807, 2.05) is 13.8 Å². The van der Waals surface area contributed by atoms with E-state index in [0.29, 0.717) is 5.56 Å². The van der Waals surface area contributed by atoms with Gasteiger partial charge in [-0.05, 0) is 12.0 Å². The van der Waals surface area contributed by atoms with E-state index in [9.17, 15) is 14.4 Å². The summed E-state index contributed by atoms with van der Waals surface area (Å²) in [7, 11) is 2.85. The largest absolute Gasteiger partial charge is 0.467 e. The van der Waals surface area contributed by atoms with Gasteiger partial charge in [-0.2, -0.15) is 0 Å². The number of nitrogens with one attached hydrogen (secondary N) is 1. The molecule has 0 bridgehead atoms. The number of esters is 1. The van der Waals surface area contributed by atoms with Gasteiger partial charge in [0, 0.05) is 19.3 Å². The van der Waals surface area contributed by atoms with Crippen LogP contribution in [0.25, 0.3) is 0 Å². The van der Waals surface area contributed by atoms with E-state index in [-0.39, 0.29) is 11.5 Å². The second-order valence-electron chi connectivity index (χ2n) is 4.73. The molecule has 0 aliphatic rings. The molecule has 0 aromatic carbocycles. The molecule has 0 aliphatic carbocycles. The van der Waals surface area contributed by atoms with Crippen molar-refractivity contribution in [3.8, 4) is 0 Å². The first-order chi connectivity index (χ1) is 9.40. The van der Waals surface area contributed by atoms with Crippen LogP contribution in [0.4, 0.5) is 0 Å². The smallest absolute Gasteiger partial charge is 0.328 e. The van der Waals surface area contributed by atoms with Gasteiger partial charge >= 0.3 is 5.97 Å². The van der Waals surface area contributed by atoms with Gasteiger partial charge in [-0.1, -0.05) is 20.3 Å². The number of carbonyl (C=O) groups is 2. The molecule has 1 amide bonds. The molecule has 1 heterocycles. The molecule has 0 radical (unpaired) electrons. The maximum atomic E-state index is 12.1. The van der Waals surface area contributed by atoms with Crippen LogP contribution in [0.3, 0.4) is 0 Å². The van der Waals surface area contributed by atoms with Crippen LogP contribution >= 0.6 is 0 Å². The van der Waals surface area contributed by atoms with Crippen LogP contribution in [0.5, 0.6) is 0 Å². The van der Waals surface area contributed by atoms with Gasteiger partial charge in [0.15, 0.2) is 0 Å². The van der Waals surface area contributed by atoms with Gasteiger partial charge in [0.05, 0.1) is 12.7 Å². The normalized spacial score (nSPS) is 13.4. The Morgan fingerprint density at radius 1 is 1.40 bits per heavy atom. The monoisotopic (exact) mass is 280 g/mol. The summed E-state index contributed by atoms with van der Waals surface area (Å²) in [6, 6.07) is 2.04. The molecule has 20 heavy (non-hydrogen) atoms. The zero-order valence-electron chi connectivity index (χ0n) is 12.2. The number of rotatable bonds is 5. The van der Waals surface area contributed by atoms with Crippen LogP contribution in [0, 0.1) is 5.92 Å². The van der Waals surface area contributed by atoms with Crippen molar-refractivity contribution in [3.63, 3.8) is 0 Å². The second kappa shape index (κ2) is 6.88. The average molecular weight is 280 g/mol. The first-order valence-corrected chi connectivity index (χ1v) is 6.46. The van der Waals surface area contributed by atoms with E-state index in [1.165, 1.54) is 30.0 Å². The Morgan fingerprint density at radius 3 is 2.55 bits per heavy atom. The molecule has 1 N–H and O–H groups in total. The molecule has 0 unspecified atom stereocenters. The molecule has 2 atom stereocenters. The lowest BCUT2D eigenvalue weighted by molar-refractivity contribution is -0.144. The SMILES string of the molecule is CC[C@@H](C)[C@H](NC(=O)c1ccc(=O)n(C)c1)C(=O)OC. The maximum absolute atomic E-state index is 12.1. The van der Waals surface area contributed by atoms with Gasteiger partial charge in [-0.3, -0.25) is 9.59 Å². The highest BCUT2D eigenvalue weighted by atomic mass is 16.5. The number of carbonyl (C=O) groups excluding carboxylic acids is 2. The summed E-state index contributed by atoms with van der Waals surface area (Å²) < 4.78 is 6.02.